The molecule has 0 radical (unpaired) electrons. The standard InChI is InChI=1S/C16H13NO4/c1-11(18)12-4-2-5-14(8-12)20-10-13-9-16(21-17-13)15-6-3-7-19-15/h2-9H,10H2,1H3. The Bertz CT molecular complexity index is 743. The van der Waals surface area contributed by atoms with E-state index in [-0.39, 0.29) is 12.4 Å². The van der Waals surface area contributed by atoms with E-state index in [1.165, 1.54) is 6.92 Å². The molecule has 0 saturated carbocycles. The third kappa shape index (κ3) is 3.02. The monoisotopic (exact) mass is 283 g/mol. The molecule has 3 rings (SSSR count). The number of ketones is 1. The summed E-state index contributed by atoms with van der Waals surface area (Å²) < 4.78 is 16.0. The fourth-order valence-electron chi connectivity index (χ4n) is 1.88. The van der Waals surface area contributed by atoms with Gasteiger partial charge in [-0.3, -0.25) is 4.79 Å². The Morgan fingerprint density at radius 3 is 2.86 bits per heavy atom. The normalized spacial score (nSPS) is 10.5. The van der Waals surface area contributed by atoms with Gasteiger partial charge in [0.15, 0.2) is 11.5 Å². The molecule has 0 saturated heterocycles. The molecular formula is C16H13NO4. The molecule has 106 valence electrons. The van der Waals surface area contributed by atoms with E-state index in [4.69, 9.17) is 13.7 Å². The van der Waals surface area contributed by atoms with E-state index < -0.39 is 0 Å². The van der Waals surface area contributed by atoms with E-state index in [2.05, 4.69) is 5.16 Å². The van der Waals surface area contributed by atoms with Gasteiger partial charge in [-0.1, -0.05) is 17.3 Å². The zero-order valence-corrected chi connectivity index (χ0v) is 11.4. The van der Waals surface area contributed by atoms with Crippen LogP contribution in [0.15, 0.2) is 57.7 Å². The molecule has 2 heterocycles. The van der Waals surface area contributed by atoms with Crippen molar-refractivity contribution in [2.45, 2.75) is 13.5 Å². The van der Waals surface area contributed by atoms with Gasteiger partial charge < -0.3 is 13.7 Å². The van der Waals surface area contributed by atoms with Crippen LogP contribution < -0.4 is 4.74 Å². The van der Waals surface area contributed by atoms with Crippen LogP contribution in [0.4, 0.5) is 0 Å². The molecule has 3 aromatic rings. The van der Waals surface area contributed by atoms with Crippen LogP contribution in [-0.2, 0) is 6.61 Å². The zero-order chi connectivity index (χ0) is 14.7. The van der Waals surface area contributed by atoms with Gasteiger partial charge in [-0.15, -0.1) is 0 Å². The van der Waals surface area contributed by atoms with Gasteiger partial charge in [0, 0.05) is 11.6 Å². The first kappa shape index (κ1) is 13.2. The number of hydrogen-bond acceptors (Lipinski definition) is 5. The van der Waals surface area contributed by atoms with Crippen LogP contribution in [0.5, 0.6) is 5.75 Å². The molecule has 0 aliphatic heterocycles. The van der Waals surface area contributed by atoms with E-state index in [9.17, 15) is 4.79 Å². The number of hydrogen-bond donors (Lipinski definition) is 0. The average molecular weight is 283 g/mol. The Kier molecular flexibility index (Phi) is 3.55. The summed E-state index contributed by atoms with van der Waals surface area (Å²) in [4.78, 5) is 11.3. The number of rotatable bonds is 5. The maximum atomic E-state index is 11.3. The Morgan fingerprint density at radius 1 is 1.19 bits per heavy atom. The molecule has 5 heteroatoms. The first-order chi connectivity index (χ1) is 10.2. The predicted molar refractivity (Wildman–Crippen MR) is 75.0 cm³/mol. The molecule has 0 spiro atoms. The molecule has 0 atom stereocenters. The predicted octanol–water partition coefficient (Wildman–Crippen LogP) is 3.72. The van der Waals surface area contributed by atoms with Crippen LogP contribution in [0.3, 0.4) is 0 Å². The summed E-state index contributed by atoms with van der Waals surface area (Å²) in [5.41, 5.74) is 1.26. The lowest BCUT2D eigenvalue weighted by Crippen LogP contribution is -1.97. The van der Waals surface area contributed by atoms with Crippen molar-refractivity contribution in [2.75, 3.05) is 0 Å². The highest BCUT2D eigenvalue weighted by atomic mass is 16.5. The van der Waals surface area contributed by atoms with Crippen molar-refractivity contribution in [1.82, 2.24) is 5.16 Å². The van der Waals surface area contributed by atoms with Crippen LogP contribution in [0.1, 0.15) is 23.0 Å². The number of carbonyl (C=O) groups excluding carboxylic acids is 1. The van der Waals surface area contributed by atoms with Gasteiger partial charge in [0.25, 0.3) is 0 Å². The van der Waals surface area contributed by atoms with Crippen LogP contribution in [-0.4, -0.2) is 10.9 Å². The van der Waals surface area contributed by atoms with Crippen molar-refractivity contribution < 1.29 is 18.5 Å². The maximum Gasteiger partial charge on any atom is 0.202 e. The van der Waals surface area contributed by atoms with E-state index >= 15 is 0 Å². The summed E-state index contributed by atoms with van der Waals surface area (Å²) in [5, 5.41) is 3.92. The molecule has 1 aromatic carbocycles. The number of ether oxygens (including phenoxy) is 1. The molecular weight excluding hydrogens is 270 g/mol. The molecule has 0 amide bonds. The largest absolute Gasteiger partial charge is 0.487 e. The van der Waals surface area contributed by atoms with Gasteiger partial charge in [0.1, 0.15) is 18.1 Å². The topological polar surface area (TPSA) is 65.5 Å². The van der Waals surface area contributed by atoms with Crippen molar-refractivity contribution in [1.29, 1.82) is 0 Å². The third-order valence-electron chi connectivity index (χ3n) is 2.95. The summed E-state index contributed by atoms with van der Waals surface area (Å²) in [5.74, 6) is 1.79. The van der Waals surface area contributed by atoms with E-state index in [1.54, 1.807) is 48.7 Å². The van der Waals surface area contributed by atoms with Crippen molar-refractivity contribution in [3.63, 3.8) is 0 Å². The summed E-state index contributed by atoms with van der Waals surface area (Å²) in [7, 11) is 0. The van der Waals surface area contributed by atoms with Gasteiger partial charge in [-0.2, -0.15) is 0 Å². The lowest BCUT2D eigenvalue weighted by molar-refractivity contribution is 0.101. The molecule has 0 unspecified atom stereocenters. The highest BCUT2D eigenvalue weighted by Crippen LogP contribution is 2.21. The summed E-state index contributed by atoms with van der Waals surface area (Å²) in [6.45, 7) is 1.78. The SMILES string of the molecule is CC(=O)c1cccc(OCc2cc(-c3ccco3)on2)c1. The van der Waals surface area contributed by atoms with Gasteiger partial charge in [0.05, 0.1) is 6.26 Å². The first-order valence-electron chi connectivity index (χ1n) is 6.45. The Balaban J connectivity index is 1.68. The second-order valence-corrected chi connectivity index (χ2v) is 4.53. The third-order valence-corrected chi connectivity index (χ3v) is 2.95. The van der Waals surface area contributed by atoms with E-state index in [0.29, 0.717) is 28.5 Å². The van der Waals surface area contributed by atoms with Crippen LogP contribution >= 0.6 is 0 Å². The molecule has 0 bridgehead atoms. The van der Waals surface area contributed by atoms with Gasteiger partial charge in [-0.25, -0.2) is 0 Å². The molecule has 0 fully saturated rings. The smallest absolute Gasteiger partial charge is 0.202 e. The summed E-state index contributed by atoms with van der Waals surface area (Å²) in [6, 6.07) is 12.4. The second kappa shape index (κ2) is 5.66. The fourth-order valence-corrected chi connectivity index (χ4v) is 1.88. The molecule has 2 aromatic heterocycles. The van der Waals surface area contributed by atoms with Crippen LogP contribution in [0, 0.1) is 0 Å². The number of nitrogens with zero attached hydrogens (tertiary/aromatic N) is 1. The lowest BCUT2D eigenvalue weighted by Gasteiger charge is -2.04. The Morgan fingerprint density at radius 2 is 2.10 bits per heavy atom. The average Bonchev–Trinajstić information content (AvgIpc) is 3.16. The second-order valence-electron chi connectivity index (χ2n) is 4.53. The number of Topliss-reactive ketones (excluding diaryl/α,β-unsaturated/α-hetero) is 1. The zero-order valence-electron chi connectivity index (χ0n) is 11.4. The van der Waals surface area contributed by atoms with Crippen molar-refractivity contribution in [2.24, 2.45) is 0 Å². The maximum absolute atomic E-state index is 11.3. The molecule has 21 heavy (non-hydrogen) atoms. The summed E-state index contributed by atoms with van der Waals surface area (Å²) >= 11 is 0. The highest BCUT2D eigenvalue weighted by Gasteiger charge is 2.09. The van der Waals surface area contributed by atoms with Crippen molar-refractivity contribution in [3.05, 3.63) is 60.0 Å². The first-order valence-corrected chi connectivity index (χ1v) is 6.45. The van der Waals surface area contributed by atoms with E-state index in [0.717, 1.165) is 0 Å². The van der Waals surface area contributed by atoms with Crippen molar-refractivity contribution >= 4 is 5.78 Å². The highest BCUT2D eigenvalue weighted by molar-refractivity contribution is 5.94. The minimum atomic E-state index is 0.00184. The minimum Gasteiger partial charge on any atom is -0.487 e. The number of aromatic nitrogens is 1. The summed E-state index contributed by atoms with van der Waals surface area (Å²) in [6.07, 6.45) is 1.57. The number of furan rings is 1. The minimum absolute atomic E-state index is 0.00184. The van der Waals surface area contributed by atoms with Gasteiger partial charge >= 0.3 is 0 Å². The fraction of sp³-hybridized carbons (Fsp3) is 0.125. The number of carbonyl (C=O) groups is 1. The van der Waals surface area contributed by atoms with Gasteiger partial charge in [-0.05, 0) is 31.2 Å². The van der Waals surface area contributed by atoms with Gasteiger partial charge in [0.2, 0.25) is 5.76 Å². The molecule has 5 nitrogen and oxygen atoms in total. The van der Waals surface area contributed by atoms with E-state index in [1.807, 2.05) is 0 Å². The quantitative estimate of drug-likeness (QED) is 0.668. The molecule has 0 N–H and O–H groups in total. The van der Waals surface area contributed by atoms with Crippen LogP contribution in [0.25, 0.3) is 11.5 Å². The molecule has 0 aliphatic rings. The van der Waals surface area contributed by atoms with Crippen molar-refractivity contribution in [3.8, 4) is 17.3 Å². The van der Waals surface area contributed by atoms with Crippen LogP contribution in [0.2, 0.25) is 0 Å². The number of benzene rings is 1. The molecule has 0 aliphatic carbocycles. The Hall–Kier alpha value is -2.82. The Labute approximate surface area is 121 Å². The lowest BCUT2D eigenvalue weighted by atomic mass is 10.1.